The lowest BCUT2D eigenvalue weighted by Crippen LogP contribution is -2.28. The third-order valence-corrected chi connectivity index (χ3v) is 2.75. The SMILES string of the molecule is Clc1ccccc1OCC1CCCN1. The summed E-state index contributed by atoms with van der Waals surface area (Å²) in [7, 11) is 0. The maximum Gasteiger partial charge on any atom is 0.137 e. The number of benzene rings is 1. The molecule has 1 aromatic rings. The van der Waals surface area contributed by atoms with Gasteiger partial charge in [-0.2, -0.15) is 0 Å². The van der Waals surface area contributed by atoms with Gasteiger partial charge < -0.3 is 10.1 Å². The van der Waals surface area contributed by atoms with Crippen LogP contribution < -0.4 is 10.1 Å². The van der Waals surface area contributed by atoms with Crippen LogP contribution in [-0.2, 0) is 0 Å². The van der Waals surface area contributed by atoms with E-state index in [4.69, 9.17) is 16.3 Å². The Balaban J connectivity index is 1.88. The Morgan fingerprint density at radius 2 is 2.29 bits per heavy atom. The van der Waals surface area contributed by atoms with Gasteiger partial charge in [0.1, 0.15) is 12.4 Å². The first-order valence-electron chi connectivity index (χ1n) is 4.97. The number of ether oxygens (including phenoxy) is 1. The van der Waals surface area contributed by atoms with Crippen LogP contribution in [0.3, 0.4) is 0 Å². The summed E-state index contributed by atoms with van der Waals surface area (Å²) in [4.78, 5) is 0. The van der Waals surface area contributed by atoms with E-state index < -0.39 is 0 Å². The quantitative estimate of drug-likeness (QED) is 0.830. The van der Waals surface area contributed by atoms with Crippen LogP contribution in [0.15, 0.2) is 24.3 Å². The van der Waals surface area contributed by atoms with Crippen LogP contribution in [0.1, 0.15) is 12.8 Å². The molecule has 0 spiro atoms. The minimum absolute atomic E-state index is 0.492. The zero-order valence-electron chi connectivity index (χ0n) is 8.00. The fourth-order valence-corrected chi connectivity index (χ4v) is 1.84. The van der Waals surface area contributed by atoms with Crippen molar-refractivity contribution in [2.75, 3.05) is 13.2 Å². The minimum atomic E-state index is 0.492. The topological polar surface area (TPSA) is 21.3 Å². The van der Waals surface area contributed by atoms with Gasteiger partial charge >= 0.3 is 0 Å². The summed E-state index contributed by atoms with van der Waals surface area (Å²) in [6.07, 6.45) is 2.45. The Hall–Kier alpha value is -0.730. The molecule has 1 fully saturated rings. The van der Waals surface area contributed by atoms with Crippen molar-refractivity contribution in [3.05, 3.63) is 29.3 Å². The second kappa shape index (κ2) is 4.67. The molecule has 1 aromatic carbocycles. The van der Waals surface area contributed by atoms with E-state index in [0.29, 0.717) is 17.7 Å². The zero-order valence-corrected chi connectivity index (χ0v) is 8.76. The number of hydrogen-bond donors (Lipinski definition) is 1. The Bertz CT molecular complexity index is 297. The molecule has 0 amide bonds. The van der Waals surface area contributed by atoms with Crippen LogP contribution in [0.2, 0.25) is 5.02 Å². The lowest BCUT2D eigenvalue weighted by atomic mass is 10.2. The zero-order chi connectivity index (χ0) is 9.80. The number of halogens is 1. The minimum Gasteiger partial charge on any atom is -0.490 e. The first kappa shape index (κ1) is 9.81. The molecule has 0 radical (unpaired) electrons. The van der Waals surface area contributed by atoms with Crippen molar-refractivity contribution < 1.29 is 4.74 Å². The molecular formula is C11H14ClNO. The van der Waals surface area contributed by atoms with E-state index in [1.807, 2.05) is 24.3 Å². The van der Waals surface area contributed by atoms with Crippen molar-refractivity contribution in [2.24, 2.45) is 0 Å². The highest BCUT2D eigenvalue weighted by Crippen LogP contribution is 2.23. The molecule has 0 aromatic heterocycles. The van der Waals surface area contributed by atoms with E-state index >= 15 is 0 Å². The van der Waals surface area contributed by atoms with Crippen LogP contribution in [0.4, 0.5) is 0 Å². The smallest absolute Gasteiger partial charge is 0.137 e. The van der Waals surface area contributed by atoms with Gasteiger partial charge in [0.25, 0.3) is 0 Å². The number of rotatable bonds is 3. The van der Waals surface area contributed by atoms with Crippen molar-refractivity contribution in [3.8, 4) is 5.75 Å². The first-order valence-corrected chi connectivity index (χ1v) is 5.35. The summed E-state index contributed by atoms with van der Waals surface area (Å²) in [5.41, 5.74) is 0. The molecule has 1 aliphatic heterocycles. The van der Waals surface area contributed by atoms with E-state index in [1.54, 1.807) is 0 Å². The predicted octanol–water partition coefficient (Wildman–Crippen LogP) is 2.47. The van der Waals surface area contributed by atoms with Gasteiger partial charge in [-0.25, -0.2) is 0 Å². The molecule has 1 unspecified atom stereocenters. The number of para-hydroxylation sites is 1. The van der Waals surface area contributed by atoms with E-state index in [0.717, 1.165) is 12.3 Å². The molecule has 14 heavy (non-hydrogen) atoms. The largest absolute Gasteiger partial charge is 0.490 e. The molecule has 3 heteroatoms. The van der Waals surface area contributed by atoms with Crippen molar-refractivity contribution in [1.29, 1.82) is 0 Å². The van der Waals surface area contributed by atoms with Gasteiger partial charge in [0.2, 0.25) is 0 Å². The Morgan fingerprint density at radius 3 is 3.00 bits per heavy atom. The third kappa shape index (κ3) is 2.40. The summed E-state index contributed by atoms with van der Waals surface area (Å²) < 4.78 is 5.63. The predicted molar refractivity (Wildman–Crippen MR) is 58.0 cm³/mol. The van der Waals surface area contributed by atoms with Crippen LogP contribution in [0.5, 0.6) is 5.75 Å². The number of nitrogens with one attached hydrogen (secondary N) is 1. The standard InChI is InChI=1S/C11H14ClNO/c12-10-5-1-2-6-11(10)14-8-9-4-3-7-13-9/h1-2,5-6,9,13H,3-4,7-8H2. The fraction of sp³-hybridized carbons (Fsp3) is 0.455. The Kier molecular flexibility index (Phi) is 3.27. The third-order valence-electron chi connectivity index (χ3n) is 2.44. The van der Waals surface area contributed by atoms with Gasteiger partial charge in [0, 0.05) is 6.04 Å². The maximum absolute atomic E-state index is 5.96. The maximum atomic E-state index is 5.96. The molecule has 1 heterocycles. The highest BCUT2D eigenvalue weighted by Gasteiger charge is 2.14. The van der Waals surface area contributed by atoms with E-state index in [-0.39, 0.29) is 0 Å². The average Bonchev–Trinajstić information content (AvgIpc) is 2.69. The fourth-order valence-electron chi connectivity index (χ4n) is 1.65. The summed E-state index contributed by atoms with van der Waals surface area (Å²) in [5.74, 6) is 0.780. The molecular weight excluding hydrogens is 198 g/mol. The van der Waals surface area contributed by atoms with Crippen LogP contribution in [-0.4, -0.2) is 19.2 Å². The molecule has 0 aliphatic carbocycles. The highest BCUT2D eigenvalue weighted by atomic mass is 35.5. The Labute approximate surface area is 89.2 Å². The van der Waals surface area contributed by atoms with Crippen molar-refractivity contribution in [3.63, 3.8) is 0 Å². The molecule has 1 saturated heterocycles. The monoisotopic (exact) mass is 211 g/mol. The van der Waals surface area contributed by atoms with Gasteiger partial charge in [0.15, 0.2) is 0 Å². The molecule has 2 nitrogen and oxygen atoms in total. The molecule has 2 rings (SSSR count). The van der Waals surface area contributed by atoms with Gasteiger partial charge in [-0.3, -0.25) is 0 Å². The summed E-state index contributed by atoms with van der Waals surface area (Å²) in [5, 5.41) is 4.06. The van der Waals surface area contributed by atoms with Gasteiger partial charge in [0.05, 0.1) is 5.02 Å². The van der Waals surface area contributed by atoms with E-state index in [1.165, 1.54) is 12.8 Å². The summed E-state index contributed by atoms with van der Waals surface area (Å²) in [6.45, 7) is 1.82. The summed E-state index contributed by atoms with van der Waals surface area (Å²) in [6, 6.07) is 8.08. The molecule has 1 aliphatic rings. The normalized spacial score (nSPS) is 21.1. The lowest BCUT2D eigenvalue weighted by molar-refractivity contribution is 0.277. The Morgan fingerprint density at radius 1 is 1.43 bits per heavy atom. The van der Waals surface area contributed by atoms with Crippen molar-refractivity contribution in [1.82, 2.24) is 5.32 Å². The van der Waals surface area contributed by atoms with Crippen LogP contribution in [0, 0.1) is 0 Å². The second-order valence-corrected chi connectivity index (χ2v) is 3.94. The molecule has 1 atom stereocenters. The highest BCUT2D eigenvalue weighted by molar-refractivity contribution is 6.32. The van der Waals surface area contributed by atoms with Crippen molar-refractivity contribution in [2.45, 2.75) is 18.9 Å². The molecule has 76 valence electrons. The number of hydrogen-bond acceptors (Lipinski definition) is 2. The van der Waals surface area contributed by atoms with E-state index in [2.05, 4.69) is 5.32 Å². The van der Waals surface area contributed by atoms with E-state index in [9.17, 15) is 0 Å². The first-order chi connectivity index (χ1) is 6.86. The van der Waals surface area contributed by atoms with Crippen molar-refractivity contribution >= 4 is 11.6 Å². The lowest BCUT2D eigenvalue weighted by Gasteiger charge is -2.12. The summed E-state index contributed by atoms with van der Waals surface area (Å²) >= 11 is 5.96. The average molecular weight is 212 g/mol. The van der Waals surface area contributed by atoms with Crippen LogP contribution >= 0.6 is 11.6 Å². The van der Waals surface area contributed by atoms with Gasteiger partial charge in [-0.15, -0.1) is 0 Å². The second-order valence-electron chi connectivity index (χ2n) is 3.53. The molecule has 1 N–H and O–H groups in total. The van der Waals surface area contributed by atoms with Gasteiger partial charge in [-0.05, 0) is 31.5 Å². The van der Waals surface area contributed by atoms with Gasteiger partial charge in [-0.1, -0.05) is 23.7 Å². The van der Waals surface area contributed by atoms with Crippen LogP contribution in [0.25, 0.3) is 0 Å². The molecule has 0 saturated carbocycles. The molecule has 0 bridgehead atoms.